The molecule has 7 heteroatoms. The molecule has 0 radical (unpaired) electrons. The topological polar surface area (TPSA) is 66.9 Å². The first-order valence-electron chi connectivity index (χ1n) is 11.1. The molecule has 0 spiro atoms. The zero-order chi connectivity index (χ0) is 23.2. The molecule has 1 saturated heterocycles. The molecule has 7 nitrogen and oxygen atoms in total. The highest BCUT2D eigenvalue weighted by atomic mass is 16.5. The zero-order valence-electron chi connectivity index (χ0n) is 19.4. The van der Waals surface area contributed by atoms with Crippen LogP contribution in [0.2, 0.25) is 0 Å². The second kappa shape index (κ2) is 10.4. The van der Waals surface area contributed by atoms with Gasteiger partial charge in [-0.1, -0.05) is 17.7 Å². The third-order valence-corrected chi connectivity index (χ3v) is 5.80. The molecule has 0 unspecified atom stereocenters. The SMILES string of the molecule is COc1cc(CN2CCN(c3ccc(NC(=O)c4cccc(C)c4)cn3)CC2)cc(OC)c1. The number of carbonyl (C=O) groups is 1. The van der Waals surface area contributed by atoms with E-state index in [0.717, 1.165) is 55.6 Å². The summed E-state index contributed by atoms with van der Waals surface area (Å²) in [4.78, 5) is 21.7. The molecule has 0 bridgehead atoms. The summed E-state index contributed by atoms with van der Waals surface area (Å²) >= 11 is 0. The molecule has 33 heavy (non-hydrogen) atoms. The van der Waals surface area contributed by atoms with Crippen molar-refractivity contribution in [1.29, 1.82) is 0 Å². The van der Waals surface area contributed by atoms with Gasteiger partial charge >= 0.3 is 0 Å². The maximum absolute atomic E-state index is 12.4. The van der Waals surface area contributed by atoms with Crippen LogP contribution in [0, 0.1) is 6.92 Å². The lowest BCUT2D eigenvalue weighted by Crippen LogP contribution is -2.46. The van der Waals surface area contributed by atoms with E-state index in [1.54, 1.807) is 20.4 Å². The number of aryl methyl sites for hydroxylation is 1. The maximum Gasteiger partial charge on any atom is 0.255 e. The Labute approximate surface area is 195 Å². The summed E-state index contributed by atoms with van der Waals surface area (Å²) in [6, 6.07) is 17.4. The largest absolute Gasteiger partial charge is 0.497 e. The zero-order valence-corrected chi connectivity index (χ0v) is 19.4. The molecule has 1 aliphatic rings. The molecular weight excluding hydrogens is 416 g/mol. The number of hydrogen-bond acceptors (Lipinski definition) is 6. The first-order valence-corrected chi connectivity index (χ1v) is 11.1. The van der Waals surface area contributed by atoms with Crippen LogP contribution < -0.4 is 19.7 Å². The van der Waals surface area contributed by atoms with Gasteiger partial charge in [0.25, 0.3) is 5.91 Å². The molecule has 2 heterocycles. The summed E-state index contributed by atoms with van der Waals surface area (Å²) in [6.07, 6.45) is 1.72. The Bertz CT molecular complexity index is 1070. The summed E-state index contributed by atoms with van der Waals surface area (Å²) in [5.41, 5.74) is 3.56. The van der Waals surface area contributed by atoms with Crippen molar-refractivity contribution in [2.45, 2.75) is 13.5 Å². The highest BCUT2D eigenvalue weighted by molar-refractivity contribution is 6.04. The molecule has 1 fully saturated rings. The van der Waals surface area contributed by atoms with E-state index < -0.39 is 0 Å². The van der Waals surface area contributed by atoms with E-state index in [-0.39, 0.29) is 5.91 Å². The number of nitrogens with one attached hydrogen (secondary N) is 1. The van der Waals surface area contributed by atoms with Gasteiger partial charge < -0.3 is 19.7 Å². The van der Waals surface area contributed by atoms with Crippen LogP contribution in [0.4, 0.5) is 11.5 Å². The third-order valence-electron chi connectivity index (χ3n) is 5.80. The van der Waals surface area contributed by atoms with Crippen LogP contribution >= 0.6 is 0 Å². The Morgan fingerprint density at radius 3 is 2.30 bits per heavy atom. The van der Waals surface area contributed by atoms with Crippen LogP contribution in [-0.4, -0.2) is 56.2 Å². The summed E-state index contributed by atoms with van der Waals surface area (Å²) in [5.74, 6) is 2.41. The number of aromatic nitrogens is 1. The van der Waals surface area contributed by atoms with E-state index in [9.17, 15) is 4.79 Å². The van der Waals surface area contributed by atoms with Gasteiger partial charge in [-0.05, 0) is 48.9 Å². The maximum atomic E-state index is 12.4. The van der Waals surface area contributed by atoms with E-state index >= 15 is 0 Å². The standard InChI is InChI=1S/C26H30N4O3/c1-19-5-4-6-21(13-19)26(31)28-22-7-8-25(27-17-22)30-11-9-29(10-12-30)18-20-14-23(32-2)16-24(15-20)33-3/h4-8,13-17H,9-12,18H2,1-3H3,(H,28,31). The highest BCUT2D eigenvalue weighted by Crippen LogP contribution is 2.24. The Morgan fingerprint density at radius 2 is 1.70 bits per heavy atom. The Kier molecular flexibility index (Phi) is 7.10. The average molecular weight is 447 g/mol. The van der Waals surface area contributed by atoms with Crippen LogP contribution in [0.1, 0.15) is 21.5 Å². The fourth-order valence-corrected chi connectivity index (χ4v) is 3.99. The normalized spacial score (nSPS) is 14.1. The molecule has 0 saturated carbocycles. The van der Waals surface area contributed by atoms with E-state index in [2.05, 4.69) is 32.2 Å². The summed E-state index contributed by atoms with van der Waals surface area (Å²) < 4.78 is 10.8. The van der Waals surface area contributed by atoms with Gasteiger partial charge in [0.2, 0.25) is 0 Å². The van der Waals surface area contributed by atoms with Crippen molar-refractivity contribution in [1.82, 2.24) is 9.88 Å². The summed E-state index contributed by atoms with van der Waals surface area (Å²) in [5, 5.41) is 2.92. The van der Waals surface area contributed by atoms with Gasteiger partial charge in [-0.2, -0.15) is 0 Å². The lowest BCUT2D eigenvalue weighted by atomic mass is 10.1. The monoisotopic (exact) mass is 446 g/mol. The third kappa shape index (κ3) is 5.81. The number of hydrogen-bond donors (Lipinski definition) is 1. The number of amides is 1. The van der Waals surface area contributed by atoms with Crippen LogP contribution in [0.15, 0.2) is 60.8 Å². The molecule has 1 aliphatic heterocycles. The van der Waals surface area contributed by atoms with Crippen LogP contribution in [0.5, 0.6) is 11.5 Å². The Hall–Kier alpha value is -3.58. The van der Waals surface area contributed by atoms with E-state index in [1.807, 2.05) is 49.4 Å². The second-order valence-corrected chi connectivity index (χ2v) is 8.21. The van der Waals surface area contributed by atoms with Crippen molar-refractivity contribution in [3.63, 3.8) is 0 Å². The minimum absolute atomic E-state index is 0.129. The fourth-order valence-electron chi connectivity index (χ4n) is 3.99. The predicted molar refractivity (Wildman–Crippen MR) is 130 cm³/mol. The first kappa shape index (κ1) is 22.6. The van der Waals surface area contributed by atoms with Gasteiger partial charge in [-0.25, -0.2) is 4.98 Å². The number of ether oxygens (including phenoxy) is 2. The van der Waals surface area contributed by atoms with Gasteiger partial charge in [0, 0.05) is 44.4 Å². The average Bonchev–Trinajstić information content (AvgIpc) is 2.84. The number of anilines is 2. The highest BCUT2D eigenvalue weighted by Gasteiger charge is 2.19. The van der Waals surface area contributed by atoms with E-state index in [4.69, 9.17) is 9.47 Å². The number of benzene rings is 2. The molecule has 3 aromatic rings. The van der Waals surface area contributed by atoms with Crippen molar-refractivity contribution >= 4 is 17.4 Å². The molecular formula is C26H30N4O3. The number of carbonyl (C=O) groups excluding carboxylic acids is 1. The molecule has 0 atom stereocenters. The minimum atomic E-state index is -0.129. The number of methoxy groups -OCH3 is 2. The van der Waals surface area contributed by atoms with Crippen LogP contribution in [0.25, 0.3) is 0 Å². The number of rotatable bonds is 7. The molecule has 1 amide bonds. The van der Waals surface area contributed by atoms with Gasteiger partial charge in [0.05, 0.1) is 26.1 Å². The number of pyridine rings is 1. The van der Waals surface area contributed by atoms with Crippen molar-refractivity contribution in [2.75, 3.05) is 50.6 Å². The number of nitrogens with zero attached hydrogens (tertiary/aromatic N) is 3. The van der Waals surface area contributed by atoms with Crippen molar-refractivity contribution in [2.24, 2.45) is 0 Å². The van der Waals surface area contributed by atoms with Gasteiger partial charge in [-0.3, -0.25) is 9.69 Å². The minimum Gasteiger partial charge on any atom is -0.497 e. The van der Waals surface area contributed by atoms with Crippen molar-refractivity contribution in [3.8, 4) is 11.5 Å². The lowest BCUT2D eigenvalue weighted by Gasteiger charge is -2.35. The molecule has 4 rings (SSSR count). The second-order valence-electron chi connectivity index (χ2n) is 8.21. The van der Waals surface area contributed by atoms with Crippen molar-refractivity contribution < 1.29 is 14.3 Å². The fraction of sp³-hybridized carbons (Fsp3) is 0.308. The summed E-state index contributed by atoms with van der Waals surface area (Å²) in [6.45, 7) is 6.48. The Morgan fingerprint density at radius 1 is 0.970 bits per heavy atom. The van der Waals surface area contributed by atoms with Crippen LogP contribution in [0.3, 0.4) is 0 Å². The lowest BCUT2D eigenvalue weighted by molar-refractivity contribution is 0.102. The number of piperazine rings is 1. The molecule has 1 aromatic heterocycles. The molecule has 172 valence electrons. The quantitative estimate of drug-likeness (QED) is 0.592. The van der Waals surface area contributed by atoms with Gasteiger partial charge in [0.15, 0.2) is 0 Å². The molecule has 0 aliphatic carbocycles. The Balaban J connectivity index is 1.31. The van der Waals surface area contributed by atoms with Crippen LogP contribution in [-0.2, 0) is 6.54 Å². The van der Waals surface area contributed by atoms with Crippen molar-refractivity contribution in [3.05, 3.63) is 77.5 Å². The summed E-state index contributed by atoms with van der Waals surface area (Å²) in [7, 11) is 3.34. The van der Waals surface area contributed by atoms with Gasteiger partial charge in [-0.15, -0.1) is 0 Å². The van der Waals surface area contributed by atoms with E-state index in [0.29, 0.717) is 11.3 Å². The molecule has 1 N–H and O–H groups in total. The smallest absolute Gasteiger partial charge is 0.255 e. The predicted octanol–water partition coefficient (Wildman–Crippen LogP) is 3.98. The first-order chi connectivity index (χ1) is 16.0. The van der Waals surface area contributed by atoms with E-state index in [1.165, 1.54) is 5.56 Å². The molecule has 2 aromatic carbocycles. The van der Waals surface area contributed by atoms with Gasteiger partial charge in [0.1, 0.15) is 17.3 Å².